The molecule has 1 aromatic carbocycles. The Hall–Kier alpha value is -3.16. The van der Waals surface area contributed by atoms with E-state index in [9.17, 15) is 14.4 Å². The number of benzene rings is 1. The molecule has 3 aromatic rings. The fourth-order valence-electron chi connectivity index (χ4n) is 3.78. The number of hydrogen-bond donors (Lipinski definition) is 1. The molecule has 0 unspecified atom stereocenters. The molecule has 2 aromatic heterocycles. The monoisotopic (exact) mass is 454 g/mol. The predicted molar refractivity (Wildman–Crippen MR) is 118 cm³/mol. The van der Waals surface area contributed by atoms with Crippen LogP contribution in [0.15, 0.2) is 35.7 Å². The summed E-state index contributed by atoms with van der Waals surface area (Å²) in [4.78, 5) is 12.8. The van der Waals surface area contributed by atoms with Crippen LogP contribution in [0.3, 0.4) is 0 Å². The number of anilines is 1. The first-order chi connectivity index (χ1) is 15.5. The summed E-state index contributed by atoms with van der Waals surface area (Å²) in [6.07, 6.45) is 3.44. The van der Waals surface area contributed by atoms with E-state index in [4.69, 9.17) is 4.74 Å². The zero-order valence-corrected chi connectivity index (χ0v) is 18.7. The molecule has 0 bridgehead atoms. The second-order valence-electron chi connectivity index (χ2n) is 7.56. The smallest absolute Gasteiger partial charge is 0.235 e. The van der Waals surface area contributed by atoms with Crippen molar-refractivity contribution in [3.63, 3.8) is 0 Å². The standard InChI is InChI=1S/C22H23FN6O2S/c1-14-15(2)28(11-16-6-5-9-31-16)21(17(14)10-24)26-20(30)12-32-22-27-25-13-29(22)19-8-4-3-7-18(19)23/h3-4,7-8,13,16H,5-6,9,11-12H2,1-2H3,(H,26,30)/t16-/m1/s1. The van der Waals surface area contributed by atoms with Gasteiger partial charge in [-0.05, 0) is 44.4 Å². The van der Waals surface area contributed by atoms with Crippen LogP contribution in [0, 0.1) is 31.0 Å². The highest BCUT2D eigenvalue weighted by atomic mass is 32.2. The van der Waals surface area contributed by atoms with E-state index in [1.807, 2.05) is 18.4 Å². The van der Waals surface area contributed by atoms with Crippen molar-refractivity contribution in [3.05, 3.63) is 53.2 Å². The summed E-state index contributed by atoms with van der Waals surface area (Å²) in [5.74, 6) is -0.184. The fraction of sp³-hybridized carbons (Fsp3) is 0.364. The first kappa shape index (κ1) is 22.0. The number of nitrogens with one attached hydrogen (secondary N) is 1. The highest BCUT2D eigenvalue weighted by molar-refractivity contribution is 7.99. The lowest BCUT2D eigenvalue weighted by atomic mass is 10.2. The van der Waals surface area contributed by atoms with E-state index < -0.39 is 5.82 Å². The number of thioether (sulfide) groups is 1. The number of carbonyl (C=O) groups excluding carboxylic acids is 1. The minimum Gasteiger partial charge on any atom is -0.376 e. The zero-order valence-electron chi connectivity index (χ0n) is 17.8. The SMILES string of the molecule is Cc1c(C#N)c(NC(=O)CSc2nncn2-c2ccccc2F)n(C[C@H]2CCCO2)c1C. The average molecular weight is 455 g/mol. The quantitative estimate of drug-likeness (QED) is 0.548. The molecule has 1 aliphatic heterocycles. The second kappa shape index (κ2) is 9.54. The van der Waals surface area contributed by atoms with Crippen molar-refractivity contribution in [2.45, 2.75) is 44.5 Å². The molecule has 1 amide bonds. The van der Waals surface area contributed by atoms with Crippen molar-refractivity contribution >= 4 is 23.5 Å². The van der Waals surface area contributed by atoms with Gasteiger partial charge < -0.3 is 14.6 Å². The average Bonchev–Trinajstić information content (AvgIpc) is 3.51. The van der Waals surface area contributed by atoms with Gasteiger partial charge in [0.1, 0.15) is 24.0 Å². The molecule has 1 N–H and O–H groups in total. The molecule has 166 valence electrons. The van der Waals surface area contributed by atoms with Crippen LogP contribution in [-0.4, -0.2) is 43.7 Å². The molecule has 0 spiro atoms. The molecular formula is C22H23FN6O2S. The Balaban J connectivity index is 1.50. The molecule has 1 atom stereocenters. The highest BCUT2D eigenvalue weighted by Crippen LogP contribution is 2.29. The number of ether oxygens (including phenoxy) is 1. The van der Waals surface area contributed by atoms with E-state index in [0.29, 0.717) is 28.8 Å². The third-order valence-corrected chi connectivity index (χ3v) is 6.51. The van der Waals surface area contributed by atoms with Gasteiger partial charge in [0.25, 0.3) is 0 Å². The highest BCUT2D eigenvalue weighted by Gasteiger charge is 2.24. The van der Waals surface area contributed by atoms with Gasteiger partial charge in [-0.2, -0.15) is 5.26 Å². The Bertz CT molecular complexity index is 1180. The van der Waals surface area contributed by atoms with Crippen molar-refractivity contribution < 1.29 is 13.9 Å². The summed E-state index contributed by atoms with van der Waals surface area (Å²) in [6.45, 7) is 5.13. The van der Waals surface area contributed by atoms with Gasteiger partial charge in [-0.25, -0.2) is 4.39 Å². The Morgan fingerprint density at radius 2 is 2.22 bits per heavy atom. The number of rotatable bonds is 7. The van der Waals surface area contributed by atoms with Crippen LogP contribution < -0.4 is 5.32 Å². The number of para-hydroxylation sites is 1. The van der Waals surface area contributed by atoms with Crippen LogP contribution in [-0.2, 0) is 16.1 Å². The first-order valence-corrected chi connectivity index (χ1v) is 11.3. The number of nitrogens with zero attached hydrogens (tertiary/aromatic N) is 5. The largest absolute Gasteiger partial charge is 0.376 e. The van der Waals surface area contributed by atoms with Gasteiger partial charge in [0.15, 0.2) is 5.16 Å². The molecule has 0 radical (unpaired) electrons. The van der Waals surface area contributed by atoms with Gasteiger partial charge in [-0.15, -0.1) is 10.2 Å². The molecule has 8 nitrogen and oxygen atoms in total. The first-order valence-electron chi connectivity index (χ1n) is 10.3. The van der Waals surface area contributed by atoms with Crippen molar-refractivity contribution in [3.8, 4) is 11.8 Å². The van der Waals surface area contributed by atoms with E-state index in [2.05, 4.69) is 21.6 Å². The van der Waals surface area contributed by atoms with E-state index in [0.717, 1.165) is 42.5 Å². The molecule has 4 rings (SSSR count). The number of halogens is 1. The second-order valence-corrected chi connectivity index (χ2v) is 8.51. The minimum atomic E-state index is -0.407. The molecule has 0 aliphatic carbocycles. The Labute approximate surface area is 189 Å². The number of amides is 1. The lowest BCUT2D eigenvalue weighted by molar-refractivity contribution is -0.113. The van der Waals surface area contributed by atoms with Gasteiger partial charge in [0.05, 0.1) is 29.7 Å². The lowest BCUT2D eigenvalue weighted by Crippen LogP contribution is -2.22. The number of hydrogen-bond acceptors (Lipinski definition) is 6. The topological polar surface area (TPSA) is 97.8 Å². The Kier molecular flexibility index (Phi) is 6.58. The molecule has 10 heteroatoms. The molecule has 1 saturated heterocycles. The van der Waals surface area contributed by atoms with Gasteiger partial charge >= 0.3 is 0 Å². The summed E-state index contributed by atoms with van der Waals surface area (Å²) in [7, 11) is 0. The van der Waals surface area contributed by atoms with E-state index >= 15 is 0 Å². The van der Waals surface area contributed by atoms with Crippen molar-refractivity contribution in [1.82, 2.24) is 19.3 Å². The minimum absolute atomic E-state index is 0.0290. The number of carbonyl (C=O) groups is 1. The normalized spacial score (nSPS) is 15.6. The van der Waals surface area contributed by atoms with Crippen LogP contribution in [0.4, 0.5) is 10.2 Å². The van der Waals surface area contributed by atoms with Gasteiger partial charge in [0, 0.05) is 12.3 Å². The zero-order chi connectivity index (χ0) is 22.7. The summed E-state index contributed by atoms with van der Waals surface area (Å²) in [6, 6.07) is 8.50. The maximum atomic E-state index is 14.1. The van der Waals surface area contributed by atoms with Crippen LogP contribution in [0.25, 0.3) is 5.69 Å². The Morgan fingerprint density at radius 1 is 1.41 bits per heavy atom. The molecule has 1 fully saturated rings. The van der Waals surface area contributed by atoms with Crippen molar-refractivity contribution in [2.24, 2.45) is 0 Å². The van der Waals surface area contributed by atoms with Crippen LogP contribution in [0.2, 0.25) is 0 Å². The Morgan fingerprint density at radius 3 is 2.94 bits per heavy atom. The molecule has 0 saturated carbocycles. The van der Waals surface area contributed by atoms with E-state index in [-0.39, 0.29) is 17.8 Å². The van der Waals surface area contributed by atoms with Crippen molar-refractivity contribution in [1.29, 1.82) is 5.26 Å². The van der Waals surface area contributed by atoms with Crippen LogP contribution >= 0.6 is 11.8 Å². The van der Waals surface area contributed by atoms with Crippen molar-refractivity contribution in [2.75, 3.05) is 17.7 Å². The van der Waals surface area contributed by atoms with E-state index in [1.165, 1.54) is 17.0 Å². The number of aromatic nitrogens is 4. The van der Waals surface area contributed by atoms with E-state index in [1.54, 1.807) is 18.2 Å². The summed E-state index contributed by atoms with van der Waals surface area (Å²) in [5.41, 5.74) is 2.53. The van der Waals surface area contributed by atoms with Gasteiger partial charge in [-0.3, -0.25) is 9.36 Å². The third-order valence-electron chi connectivity index (χ3n) is 5.57. The maximum Gasteiger partial charge on any atom is 0.235 e. The molecule has 32 heavy (non-hydrogen) atoms. The fourth-order valence-corrected chi connectivity index (χ4v) is 4.51. The van der Waals surface area contributed by atoms with Gasteiger partial charge in [-0.1, -0.05) is 23.9 Å². The molecule has 1 aliphatic rings. The predicted octanol–water partition coefficient (Wildman–Crippen LogP) is 3.61. The third kappa shape index (κ3) is 4.40. The summed E-state index contributed by atoms with van der Waals surface area (Å²) >= 11 is 1.14. The van der Waals surface area contributed by atoms with Gasteiger partial charge in [0.2, 0.25) is 5.91 Å². The molecule has 3 heterocycles. The molecular weight excluding hydrogens is 431 g/mol. The van der Waals surface area contributed by atoms with Crippen LogP contribution in [0.1, 0.15) is 29.7 Å². The lowest BCUT2D eigenvalue weighted by Gasteiger charge is -2.16. The number of nitriles is 1. The van der Waals surface area contributed by atoms with Crippen LogP contribution in [0.5, 0.6) is 0 Å². The summed E-state index contributed by atoms with van der Waals surface area (Å²) in [5, 5.41) is 20.8. The summed E-state index contributed by atoms with van der Waals surface area (Å²) < 4.78 is 23.3. The maximum absolute atomic E-state index is 14.1.